The number of carbonyl (C=O) groups is 1. The molecule has 0 aliphatic carbocycles. The van der Waals surface area contributed by atoms with Gasteiger partial charge in [-0.2, -0.15) is 0 Å². The first-order valence-corrected chi connectivity index (χ1v) is 5.79. The number of rotatable bonds is 5. The van der Waals surface area contributed by atoms with Crippen molar-refractivity contribution in [2.24, 2.45) is 5.92 Å². The third-order valence-electron chi connectivity index (χ3n) is 1.77. The molecule has 1 unspecified atom stereocenters. The van der Waals surface area contributed by atoms with E-state index in [1.54, 1.807) is 11.8 Å². The summed E-state index contributed by atoms with van der Waals surface area (Å²) in [6, 6.07) is 0. The van der Waals surface area contributed by atoms with Crippen molar-refractivity contribution >= 4 is 17.7 Å². The molecule has 0 aliphatic heterocycles. The van der Waals surface area contributed by atoms with E-state index in [0.717, 1.165) is 0 Å². The van der Waals surface area contributed by atoms with Crippen molar-refractivity contribution in [1.82, 2.24) is 0 Å². The number of esters is 1. The highest BCUT2D eigenvalue weighted by Crippen LogP contribution is 2.18. The molecule has 0 N–H and O–H groups in total. The summed E-state index contributed by atoms with van der Waals surface area (Å²) in [6.07, 6.45) is 0.00227. The molecule has 13 heavy (non-hydrogen) atoms. The molecule has 0 rings (SSSR count). The van der Waals surface area contributed by atoms with E-state index in [1.165, 1.54) is 0 Å². The van der Waals surface area contributed by atoms with Gasteiger partial charge in [0.15, 0.2) is 0 Å². The summed E-state index contributed by atoms with van der Waals surface area (Å²) in [4.78, 5) is 11.1. The van der Waals surface area contributed by atoms with Gasteiger partial charge in [-0.15, -0.1) is 11.8 Å². The highest BCUT2D eigenvalue weighted by atomic mass is 32.2. The molecule has 0 spiro atoms. The Bertz CT molecular complexity index is 155. The maximum atomic E-state index is 11.1. The zero-order valence-corrected chi connectivity index (χ0v) is 9.98. The first kappa shape index (κ1) is 12.8. The van der Waals surface area contributed by atoms with Crippen LogP contribution in [0.3, 0.4) is 0 Å². The van der Waals surface area contributed by atoms with E-state index in [0.29, 0.717) is 16.9 Å². The molecule has 2 nitrogen and oxygen atoms in total. The molecule has 0 aliphatic rings. The Hall–Kier alpha value is -0.180. The molecule has 3 heteroatoms. The second-order valence-corrected chi connectivity index (χ2v) is 5.16. The average Bonchev–Trinajstić information content (AvgIpc) is 1.98. The van der Waals surface area contributed by atoms with Gasteiger partial charge in [0, 0.05) is 5.25 Å². The molecule has 0 saturated carbocycles. The van der Waals surface area contributed by atoms with Crippen molar-refractivity contribution in [2.75, 3.05) is 5.75 Å². The van der Waals surface area contributed by atoms with Crippen molar-refractivity contribution in [3.05, 3.63) is 0 Å². The fourth-order valence-corrected chi connectivity index (χ4v) is 1.54. The van der Waals surface area contributed by atoms with Crippen LogP contribution in [-0.2, 0) is 9.53 Å². The van der Waals surface area contributed by atoms with Crippen molar-refractivity contribution in [2.45, 2.75) is 46.0 Å². The fourth-order valence-electron chi connectivity index (χ4n) is 0.689. The first-order valence-electron chi connectivity index (χ1n) is 4.74. The predicted molar refractivity (Wildman–Crippen MR) is 58.0 cm³/mol. The number of ether oxygens (including phenoxy) is 1. The molecule has 0 heterocycles. The summed E-state index contributed by atoms with van der Waals surface area (Å²) in [5, 5.41) is 0.514. The first-order chi connectivity index (χ1) is 5.93. The van der Waals surface area contributed by atoms with Gasteiger partial charge in [0.25, 0.3) is 0 Å². The Morgan fingerprint density at radius 1 is 1.23 bits per heavy atom. The molecule has 0 aromatic carbocycles. The minimum Gasteiger partial charge on any atom is -0.462 e. The Balaban J connectivity index is 3.58. The number of hydrogen-bond acceptors (Lipinski definition) is 3. The minimum atomic E-state index is -0.104. The molecular formula is C10H20O2S. The second-order valence-electron chi connectivity index (χ2n) is 3.80. The maximum Gasteiger partial charge on any atom is 0.316 e. The van der Waals surface area contributed by atoms with E-state index in [-0.39, 0.29) is 12.1 Å². The van der Waals surface area contributed by atoms with E-state index < -0.39 is 0 Å². The molecule has 0 saturated heterocycles. The summed E-state index contributed by atoms with van der Waals surface area (Å²) < 4.78 is 5.02. The molecule has 0 bridgehead atoms. The summed E-state index contributed by atoms with van der Waals surface area (Å²) in [7, 11) is 0. The van der Waals surface area contributed by atoms with Gasteiger partial charge in [-0.25, -0.2) is 0 Å². The highest BCUT2D eigenvalue weighted by molar-refractivity contribution is 8.00. The zero-order chi connectivity index (χ0) is 10.4. The molecule has 78 valence electrons. The van der Waals surface area contributed by atoms with E-state index in [1.807, 2.05) is 13.8 Å². The SMILES string of the molecule is CC(C)OC(=O)CSC(C)C(C)C. The van der Waals surface area contributed by atoms with E-state index in [2.05, 4.69) is 20.8 Å². The van der Waals surface area contributed by atoms with Gasteiger partial charge in [-0.05, 0) is 19.8 Å². The molecule has 0 radical (unpaired) electrons. The normalized spacial score (nSPS) is 13.5. The fraction of sp³-hybridized carbons (Fsp3) is 0.900. The molecule has 0 amide bonds. The summed E-state index contributed by atoms with van der Waals surface area (Å²) >= 11 is 1.66. The van der Waals surface area contributed by atoms with Crippen molar-refractivity contribution < 1.29 is 9.53 Å². The van der Waals surface area contributed by atoms with Crippen LogP contribution in [0.15, 0.2) is 0 Å². The van der Waals surface area contributed by atoms with Crippen LogP contribution < -0.4 is 0 Å². The van der Waals surface area contributed by atoms with Crippen LogP contribution in [0.5, 0.6) is 0 Å². The van der Waals surface area contributed by atoms with Gasteiger partial charge < -0.3 is 4.74 Å². The number of carbonyl (C=O) groups excluding carboxylic acids is 1. The quantitative estimate of drug-likeness (QED) is 0.644. The molecule has 1 atom stereocenters. The Morgan fingerprint density at radius 2 is 1.77 bits per heavy atom. The van der Waals surface area contributed by atoms with Gasteiger partial charge in [-0.3, -0.25) is 4.79 Å². The van der Waals surface area contributed by atoms with Crippen LogP contribution in [0.2, 0.25) is 0 Å². The third kappa shape index (κ3) is 6.94. The predicted octanol–water partition coefficient (Wildman–Crippen LogP) is 2.72. The Kier molecular flexibility index (Phi) is 6.21. The Labute approximate surface area is 85.4 Å². The van der Waals surface area contributed by atoms with Crippen LogP contribution in [-0.4, -0.2) is 23.1 Å². The summed E-state index contributed by atoms with van der Waals surface area (Å²) in [6.45, 7) is 10.2. The molecular weight excluding hydrogens is 184 g/mol. The van der Waals surface area contributed by atoms with E-state index in [4.69, 9.17) is 4.74 Å². The summed E-state index contributed by atoms with van der Waals surface area (Å²) in [5.74, 6) is 0.974. The lowest BCUT2D eigenvalue weighted by atomic mass is 10.2. The molecule has 0 fully saturated rings. The van der Waals surface area contributed by atoms with Crippen molar-refractivity contribution in [1.29, 1.82) is 0 Å². The maximum absolute atomic E-state index is 11.1. The van der Waals surface area contributed by atoms with Gasteiger partial charge in [0.2, 0.25) is 0 Å². The van der Waals surface area contributed by atoms with E-state index >= 15 is 0 Å². The van der Waals surface area contributed by atoms with Gasteiger partial charge >= 0.3 is 5.97 Å². The van der Waals surface area contributed by atoms with Gasteiger partial charge in [0.05, 0.1) is 11.9 Å². The van der Waals surface area contributed by atoms with Crippen LogP contribution in [0.25, 0.3) is 0 Å². The Morgan fingerprint density at radius 3 is 2.15 bits per heavy atom. The van der Waals surface area contributed by atoms with Gasteiger partial charge in [-0.1, -0.05) is 20.8 Å². The lowest BCUT2D eigenvalue weighted by Crippen LogP contribution is -2.16. The zero-order valence-electron chi connectivity index (χ0n) is 9.16. The van der Waals surface area contributed by atoms with Crippen LogP contribution in [0.4, 0.5) is 0 Å². The monoisotopic (exact) mass is 204 g/mol. The lowest BCUT2D eigenvalue weighted by molar-refractivity contribution is -0.144. The molecule has 0 aromatic rings. The largest absolute Gasteiger partial charge is 0.462 e. The van der Waals surface area contributed by atoms with Crippen LogP contribution in [0.1, 0.15) is 34.6 Å². The number of hydrogen-bond donors (Lipinski definition) is 0. The smallest absolute Gasteiger partial charge is 0.316 e. The second kappa shape index (κ2) is 6.30. The van der Waals surface area contributed by atoms with Crippen LogP contribution in [0, 0.1) is 5.92 Å². The highest BCUT2D eigenvalue weighted by Gasteiger charge is 2.11. The lowest BCUT2D eigenvalue weighted by Gasteiger charge is -2.14. The van der Waals surface area contributed by atoms with Crippen molar-refractivity contribution in [3.8, 4) is 0 Å². The summed E-state index contributed by atoms with van der Waals surface area (Å²) in [5.41, 5.74) is 0. The average molecular weight is 204 g/mol. The van der Waals surface area contributed by atoms with E-state index in [9.17, 15) is 4.79 Å². The standard InChI is InChI=1S/C10H20O2S/c1-7(2)9(5)13-6-10(11)12-8(3)4/h7-9H,6H2,1-5H3. The number of thioether (sulfide) groups is 1. The topological polar surface area (TPSA) is 26.3 Å². The van der Waals surface area contributed by atoms with Crippen molar-refractivity contribution in [3.63, 3.8) is 0 Å². The minimum absolute atomic E-state index is 0.00227. The third-order valence-corrected chi connectivity index (χ3v) is 3.24. The van der Waals surface area contributed by atoms with Gasteiger partial charge in [0.1, 0.15) is 0 Å². The van der Waals surface area contributed by atoms with Crippen LogP contribution >= 0.6 is 11.8 Å². The molecule has 0 aromatic heterocycles.